The molecule has 0 bridgehead atoms. The molecule has 0 aliphatic carbocycles. The zero-order valence-electron chi connectivity index (χ0n) is 11.0. The Morgan fingerprint density at radius 2 is 1.76 bits per heavy atom. The summed E-state index contributed by atoms with van der Waals surface area (Å²) in [5.74, 6) is -2.63. The van der Waals surface area contributed by atoms with E-state index < -0.39 is 34.4 Å². The van der Waals surface area contributed by atoms with Crippen molar-refractivity contribution in [2.24, 2.45) is 5.73 Å². The molecule has 0 saturated heterocycles. The van der Waals surface area contributed by atoms with Crippen LogP contribution in [0, 0.1) is 0 Å². The van der Waals surface area contributed by atoms with Crippen molar-refractivity contribution in [1.82, 2.24) is 4.72 Å². The van der Waals surface area contributed by atoms with Crippen molar-refractivity contribution in [3.8, 4) is 0 Å². The van der Waals surface area contributed by atoms with Crippen molar-refractivity contribution in [1.29, 1.82) is 0 Å². The zero-order valence-corrected chi connectivity index (χ0v) is 11.8. The third kappa shape index (κ3) is 5.14. The van der Waals surface area contributed by atoms with Gasteiger partial charge in [0.15, 0.2) is 0 Å². The molecule has 116 valence electrons. The summed E-state index contributed by atoms with van der Waals surface area (Å²) < 4.78 is 26.1. The largest absolute Gasteiger partial charge is 0.481 e. The normalized spacial score (nSPS) is 12.8. The van der Waals surface area contributed by atoms with E-state index in [-0.39, 0.29) is 17.9 Å². The minimum Gasteiger partial charge on any atom is -0.481 e. The molecule has 9 heteroatoms. The van der Waals surface area contributed by atoms with Crippen LogP contribution in [0.4, 0.5) is 0 Å². The molecule has 0 fully saturated rings. The molecule has 0 aromatic heterocycles. The van der Waals surface area contributed by atoms with Gasteiger partial charge in [-0.25, -0.2) is 8.42 Å². The van der Waals surface area contributed by atoms with Crippen LogP contribution in [0.5, 0.6) is 0 Å². The van der Waals surface area contributed by atoms with Crippen molar-refractivity contribution in [3.05, 3.63) is 29.8 Å². The lowest BCUT2D eigenvalue weighted by Crippen LogP contribution is -2.41. The molecule has 0 heterocycles. The number of rotatable bonds is 8. The van der Waals surface area contributed by atoms with Crippen molar-refractivity contribution in [2.75, 3.05) is 0 Å². The van der Waals surface area contributed by atoms with Crippen LogP contribution in [-0.2, 0) is 26.2 Å². The first-order valence-corrected chi connectivity index (χ1v) is 7.50. The highest BCUT2D eigenvalue weighted by molar-refractivity contribution is 7.89. The van der Waals surface area contributed by atoms with Gasteiger partial charge in [0.25, 0.3) is 0 Å². The third-order valence-electron chi connectivity index (χ3n) is 2.71. The summed E-state index contributed by atoms with van der Waals surface area (Å²) in [4.78, 5) is 21.3. The van der Waals surface area contributed by atoms with Gasteiger partial charge in [0.05, 0.1) is 4.90 Å². The maximum Gasteiger partial charge on any atom is 0.321 e. The minimum absolute atomic E-state index is 0.110. The fourth-order valence-corrected chi connectivity index (χ4v) is 2.78. The van der Waals surface area contributed by atoms with E-state index in [1.54, 1.807) is 0 Å². The molecule has 0 amide bonds. The monoisotopic (exact) mass is 316 g/mol. The summed E-state index contributed by atoms with van der Waals surface area (Å²) in [6, 6.07) is 4.14. The molecular weight excluding hydrogens is 300 g/mol. The van der Waals surface area contributed by atoms with Gasteiger partial charge < -0.3 is 15.9 Å². The smallest absolute Gasteiger partial charge is 0.321 e. The van der Waals surface area contributed by atoms with E-state index in [1.807, 2.05) is 4.72 Å². The zero-order chi connectivity index (χ0) is 16.0. The molecular formula is C12H16N2O6S. The second-order valence-corrected chi connectivity index (χ2v) is 6.01. The van der Waals surface area contributed by atoms with E-state index >= 15 is 0 Å². The summed E-state index contributed by atoms with van der Waals surface area (Å²) in [5, 5.41) is 17.5. The van der Waals surface area contributed by atoms with Crippen LogP contribution >= 0.6 is 0 Å². The highest BCUT2D eigenvalue weighted by atomic mass is 32.2. The number of hydrogen-bond donors (Lipinski definition) is 4. The van der Waals surface area contributed by atoms with Gasteiger partial charge in [-0.05, 0) is 24.1 Å². The fourth-order valence-electron chi connectivity index (χ4n) is 1.56. The van der Waals surface area contributed by atoms with E-state index in [0.717, 1.165) is 5.56 Å². The van der Waals surface area contributed by atoms with E-state index in [9.17, 15) is 18.0 Å². The summed E-state index contributed by atoms with van der Waals surface area (Å²) in [7, 11) is -4.04. The van der Waals surface area contributed by atoms with E-state index in [1.165, 1.54) is 24.3 Å². The Morgan fingerprint density at radius 3 is 2.19 bits per heavy atom. The molecule has 0 aliphatic rings. The fraction of sp³-hybridized carbons (Fsp3) is 0.333. The molecule has 1 rings (SSSR count). The SMILES string of the molecule is NCc1ccc(S(=O)(=O)N[C@H](CCC(=O)O)C(=O)O)cc1. The Bertz CT molecular complexity index is 611. The highest BCUT2D eigenvalue weighted by Crippen LogP contribution is 2.12. The van der Waals surface area contributed by atoms with Crippen LogP contribution in [0.25, 0.3) is 0 Å². The van der Waals surface area contributed by atoms with Crippen LogP contribution in [0.2, 0.25) is 0 Å². The topological polar surface area (TPSA) is 147 Å². The van der Waals surface area contributed by atoms with Crippen LogP contribution in [0.15, 0.2) is 29.2 Å². The third-order valence-corrected chi connectivity index (χ3v) is 4.20. The average Bonchev–Trinajstić information content (AvgIpc) is 2.43. The van der Waals surface area contributed by atoms with Gasteiger partial charge >= 0.3 is 11.9 Å². The Labute approximate surface area is 121 Å². The molecule has 21 heavy (non-hydrogen) atoms. The number of carboxylic acid groups (broad SMARTS) is 2. The lowest BCUT2D eigenvalue weighted by Gasteiger charge is -2.14. The molecule has 0 unspecified atom stereocenters. The number of carboxylic acids is 2. The van der Waals surface area contributed by atoms with E-state index in [4.69, 9.17) is 15.9 Å². The Hall–Kier alpha value is -1.97. The van der Waals surface area contributed by atoms with Gasteiger partial charge in [-0.1, -0.05) is 12.1 Å². The number of carbonyl (C=O) groups is 2. The van der Waals surface area contributed by atoms with Gasteiger partial charge in [-0.3, -0.25) is 9.59 Å². The molecule has 0 radical (unpaired) electrons. The molecule has 0 aliphatic heterocycles. The minimum atomic E-state index is -4.04. The molecule has 0 spiro atoms. The molecule has 8 nitrogen and oxygen atoms in total. The number of sulfonamides is 1. The second kappa shape index (κ2) is 7.16. The first kappa shape index (κ1) is 17.1. The maximum absolute atomic E-state index is 12.0. The standard InChI is InChI=1S/C12H16N2O6S/c13-7-8-1-3-9(4-2-8)21(19,20)14-10(12(17)18)5-6-11(15)16/h1-4,10,14H,5-7,13H2,(H,15,16)(H,17,18)/t10-/m1/s1. The number of nitrogens with one attached hydrogen (secondary N) is 1. The molecule has 1 aromatic carbocycles. The molecule has 1 aromatic rings. The predicted molar refractivity (Wildman–Crippen MR) is 72.9 cm³/mol. The van der Waals surface area contributed by atoms with Gasteiger partial charge in [-0.2, -0.15) is 4.72 Å². The first-order valence-electron chi connectivity index (χ1n) is 6.02. The van der Waals surface area contributed by atoms with Gasteiger partial charge in [0.2, 0.25) is 10.0 Å². The summed E-state index contributed by atoms with van der Waals surface area (Å²) in [5.41, 5.74) is 6.13. The van der Waals surface area contributed by atoms with Crippen LogP contribution in [0.1, 0.15) is 18.4 Å². The van der Waals surface area contributed by atoms with E-state index in [2.05, 4.69) is 0 Å². The van der Waals surface area contributed by atoms with Gasteiger partial charge in [-0.15, -0.1) is 0 Å². The molecule has 0 saturated carbocycles. The van der Waals surface area contributed by atoms with Crippen molar-refractivity contribution >= 4 is 22.0 Å². The Balaban J connectivity index is 2.89. The lowest BCUT2D eigenvalue weighted by molar-refractivity contribution is -0.140. The quantitative estimate of drug-likeness (QED) is 0.516. The summed E-state index contributed by atoms with van der Waals surface area (Å²) in [6.07, 6.45) is -0.795. The van der Waals surface area contributed by atoms with E-state index in [0.29, 0.717) is 0 Å². The second-order valence-electron chi connectivity index (χ2n) is 4.29. The summed E-state index contributed by atoms with van der Waals surface area (Å²) in [6.45, 7) is 0.254. The van der Waals surface area contributed by atoms with Crippen LogP contribution in [-0.4, -0.2) is 36.6 Å². The first-order chi connectivity index (χ1) is 9.76. The van der Waals surface area contributed by atoms with Crippen molar-refractivity contribution in [3.63, 3.8) is 0 Å². The number of aliphatic carboxylic acids is 2. The Morgan fingerprint density at radius 1 is 1.19 bits per heavy atom. The van der Waals surface area contributed by atoms with Crippen LogP contribution in [0.3, 0.4) is 0 Å². The predicted octanol–water partition coefficient (Wildman–Crippen LogP) is -0.258. The number of benzene rings is 1. The number of hydrogen-bond acceptors (Lipinski definition) is 5. The Kier molecular flexibility index (Phi) is 5.82. The maximum atomic E-state index is 12.0. The number of nitrogens with two attached hydrogens (primary N) is 1. The summed E-state index contributed by atoms with van der Waals surface area (Å²) >= 11 is 0. The molecule has 1 atom stereocenters. The average molecular weight is 316 g/mol. The van der Waals surface area contributed by atoms with Gasteiger partial charge in [0, 0.05) is 13.0 Å². The van der Waals surface area contributed by atoms with Crippen molar-refractivity contribution in [2.45, 2.75) is 30.3 Å². The van der Waals surface area contributed by atoms with Gasteiger partial charge in [0.1, 0.15) is 6.04 Å². The van der Waals surface area contributed by atoms with Crippen LogP contribution < -0.4 is 10.5 Å². The lowest BCUT2D eigenvalue weighted by atomic mass is 10.2. The van der Waals surface area contributed by atoms with Crippen molar-refractivity contribution < 1.29 is 28.2 Å². The molecule has 5 N–H and O–H groups in total. The highest BCUT2D eigenvalue weighted by Gasteiger charge is 2.25.